The van der Waals surface area contributed by atoms with E-state index in [2.05, 4.69) is 20.0 Å². The summed E-state index contributed by atoms with van der Waals surface area (Å²) in [6.45, 7) is -0.973. The summed E-state index contributed by atoms with van der Waals surface area (Å²) in [6, 6.07) is 0.467. The van der Waals surface area contributed by atoms with E-state index in [1.54, 1.807) is 0 Å². The molecule has 1 aliphatic rings. The third-order valence-corrected chi connectivity index (χ3v) is 2.54. The fourth-order valence-corrected chi connectivity index (χ4v) is 1.31. The number of alkyl halides is 4. The summed E-state index contributed by atoms with van der Waals surface area (Å²) in [5.74, 6) is -4.38. The molecule has 106 valence electrons. The largest absolute Gasteiger partial charge is 0.470 e. The van der Waals surface area contributed by atoms with Gasteiger partial charge in [0.2, 0.25) is 5.88 Å². The van der Waals surface area contributed by atoms with Crippen LogP contribution in [0, 0.1) is 0 Å². The van der Waals surface area contributed by atoms with Gasteiger partial charge in [0.1, 0.15) is 0 Å². The zero-order valence-corrected chi connectivity index (χ0v) is 9.95. The van der Waals surface area contributed by atoms with E-state index in [0.29, 0.717) is 18.3 Å². The van der Waals surface area contributed by atoms with Crippen LogP contribution in [0.5, 0.6) is 5.88 Å². The Morgan fingerprint density at radius 3 is 2.74 bits per heavy atom. The van der Waals surface area contributed by atoms with Gasteiger partial charge in [0.05, 0.1) is 11.9 Å². The lowest BCUT2D eigenvalue weighted by molar-refractivity contribution is -0.148. The topological polar surface area (TPSA) is 47.0 Å². The van der Waals surface area contributed by atoms with Crippen LogP contribution < -0.4 is 10.1 Å². The Hall–Kier alpha value is -1.44. The summed E-state index contributed by atoms with van der Waals surface area (Å²) in [7, 11) is 0. The summed E-state index contributed by atoms with van der Waals surface area (Å²) in [5, 5.41) is 3.16. The normalized spacial score (nSPS) is 15.8. The molecule has 1 heterocycles. The third-order valence-electron chi connectivity index (χ3n) is 2.54. The number of halogens is 4. The van der Waals surface area contributed by atoms with Gasteiger partial charge in [-0.3, -0.25) is 4.98 Å². The maximum absolute atomic E-state index is 12.7. The van der Waals surface area contributed by atoms with Crippen LogP contribution in [0.2, 0.25) is 0 Å². The second-order valence-electron chi connectivity index (χ2n) is 4.35. The van der Waals surface area contributed by atoms with E-state index in [1.807, 2.05) is 0 Å². The van der Waals surface area contributed by atoms with Crippen LogP contribution in [0.25, 0.3) is 0 Å². The lowest BCUT2D eigenvalue weighted by Gasteiger charge is -2.15. The molecule has 0 atom stereocenters. The molecule has 0 unspecified atom stereocenters. The molecule has 4 nitrogen and oxygen atoms in total. The molecule has 1 saturated carbocycles. The molecule has 2 rings (SSSR count). The second kappa shape index (κ2) is 5.68. The molecule has 0 radical (unpaired) electrons. The van der Waals surface area contributed by atoms with E-state index in [9.17, 15) is 17.6 Å². The highest BCUT2D eigenvalue weighted by molar-refractivity contribution is 5.08. The van der Waals surface area contributed by atoms with Gasteiger partial charge in [0.15, 0.2) is 6.61 Å². The monoisotopic (exact) mass is 279 g/mol. The fraction of sp³-hybridized carbons (Fsp3) is 0.636. The Labute approximate surface area is 107 Å². The van der Waals surface area contributed by atoms with Crippen molar-refractivity contribution < 1.29 is 22.3 Å². The van der Waals surface area contributed by atoms with Crippen molar-refractivity contribution in [2.45, 2.75) is 37.8 Å². The van der Waals surface area contributed by atoms with Crippen LogP contribution in [0.15, 0.2) is 12.4 Å². The van der Waals surface area contributed by atoms with E-state index >= 15 is 0 Å². The lowest BCUT2D eigenvalue weighted by atomic mass is 10.4. The van der Waals surface area contributed by atoms with Gasteiger partial charge in [-0.25, -0.2) is 13.8 Å². The van der Waals surface area contributed by atoms with Gasteiger partial charge >= 0.3 is 12.3 Å². The Bertz CT molecular complexity index is 426. The van der Waals surface area contributed by atoms with Crippen LogP contribution in [0.1, 0.15) is 18.5 Å². The molecule has 0 bridgehead atoms. The van der Waals surface area contributed by atoms with Crippen LogP contribution in [-0.2, 0) is 6.54 Å². The van der Waals surface area contributed by atoms with Crippen molar-refractivity contribution in [3.8, 4) is 5.88 Å². The lowest BCUT2D eigenvalue weighted by Crippen LogP contribution is -2.34. The Balaban J connectivity index is 1.87. The highest BCUT2D eigenvalue weighted by Crippen LogP contribution is 2.23. The molecule has 0 aliphatic heterocycles. The quantitative estimate of drug-likeness (QED) is 0.776. The molecule has 19 heavy (non-hydrogen) atoms. The highest BCUT2D eigenvalue weighted by Gasteiger charge is 2.41. The Kier molecular flexibility index (Phi) is 4.18. The maximum atomic E-state index is 12.7. The summed E-state index contributed by atoms with van der Waals surface area (Å²) in [5.41, 5.74) is 0.518. The van der Waals surface area contributed by atoms with Gasteiger partial charge in [-0.05, 0) is 12.8 Å². The van der Waals surface area contributed by atoms with Crippen molar-refractivity contribution in [2.24, 2.45) is 0 Å². The molecule has 1 aliphatic carbocycles. The van der Waals surface area contributed by atoms with Gasteiger partial charge in [-0.2, -0.15) is 8.78 Å². The molecular weight excluding hydrogens is 266 g/mol. The fourth-order valence-electron chi connectivity index (χ4n) is 1.31. The summed E-state index contributed by atoms with van der Waals surface area (Å²) in [6.07, 6.45) is 1.02. The van der Waals surface area contributed by atoms with Crippen molar-refractivity contribution in [3.05, 3.63) is 18.1 Å². The third kappa shape index (κ3) is 4.30. The molecule has 1 N–H and O–H groups in total. The molecule has 0 spiro atoms. The number of nitrogens with one attached hydrogen (secondary N) is 1. The van der Waals surface area contributed by atoms with E-state index in [-0.39, 0.29) is 5.88 Å². The van der Waals surface area contributed by atoms with Gasteiger partial charge in [-0.1, -0.05) is 0 Å². The molecule has 1 aromatic heterocycles. The van der Waals surface area contributed by atoms with Gasteiger partial charge < -0.3 is 10.1 Å². The predicted octanol–water partition coefficient (Wildman–Crippen LogP) is 2.01. The number of rotatable bonds is 7. The molecule has 0 saturated heterocycles. The van der Waals surface area contributed by atoms with Crippen molar-refractivity contribution >= 4 is 0 Å². The van der Waals surface area contributed by atoms with Crippen molar-refractivity contribution in [3.63, 3.8) is 0 Å². The van der Waals surface area contributed by atoms with Crippen LogP contribution in [0.4, 0.5) is 17.6 Å². The van der Waals surface area contributed by atoms with Gasteiger partial charge in [-0.15, -0.1) is 0 Å². The van der Waals surface area contributed by atoms with E-state index in [0.717, 1.165) is 19.0 Å². The molecular formula is C11H13F4N3O. The summed E-state index contributed by atoms with van der Waals surface area (Å²) in [4.78, 5) is 7.68. The number of aromatic nitrogens is 2. The Morgan fingerprint density at radius 2 is 2.11 bits per heavy atom. The van der Waals surface area contributed by atoms with E-state index < -0.39 is 19.0 Å². The Morgan fingerprint density at radius 1 is 1.37 bits per heavy atom. The zero-order chi connectivity index (χ0) is 13.9. The smallest absolute Gasteiger partial charge is 0.340 e. The van der Waals surface area contributed by atoms with Crippen LogP contribution in [0.3, 0.4) is 0 Å². The number of hydrogen-bond donors (Lipinski definition) is 1. The number of ether oxygens (including phenoxy) is 1. The zero-order valence-electron chi connectivity index (χ0n) is 9.95. The second-order valence-corrected chi connectivity index (χ2v) is 4.35. The maximum Gasteiger partial charge on any atom is 0.340 e. The standard InChI is InChI=1S/C11H13F4N3O/c12-10(13)11(14,15)6-19-9-5-16-3-8(18-9)4-17-7-1-2-7/h3,5,7,10,17H,1-2,4,6H2. The number of nitrogens with zero attached hydrogens (tertiary/aromatic N) is 2. The first-order valence-electron chi connectivity index (χ1n) is 5.80. The first-order valence-corrected chi connectivity index (χ1v) is 5.80. The molecule has 0 aromatic carbocycles. The first kappa shape index (κ1) is 14.0. The number of hydrogen-bond acceptors (Lipinski definition) is 4. The van der Waals surface area contributed by atoms with Crippen LogP contribution in [-0.4, -0.2) is 35.0 Å². The summed E-state index contributed by atoms with van der Waals surface area (Å²) >= 11 is 0. The molecule has 0 amide bonds. The molecule has 8 heteroatoms. The first-order chi connectivity index (χ1) is 8.97. The minimum Gasteiger partial charge on any atom is -0.470 e. The van der Waals surface area contributed by atoms with Crippen LogP contribution >= 0.6 is 0 Å². The van der Waals surface area contributed by atoms with Gasteiger partial charge in [0.25, 0.3) is 0 Å². The molecule has 1 aromatic rings. The minimum atomic E-state index is -4.19. The average molecular weight is 279 g/mol. The molecule has 1 fully saturated rings. The van der Waals surface area contributed by atoms with E-state index in [4.69, 9.17) is 0 Å². The van der Waals surface area contributed by atoms with E-state index in [1.165, 1.54) is 6.20 Å². The SMILES string of the molecule is FC(F)C(F)(F)COc1cncc(CNC2CC2)n1. The average Bonchev–Trinajstić information content (AvgIpc) is 3.18. The minimum absolute atomic E-state index is 0.185. The van der Waals surface area contributed by atoms with Crippen molar-refractivity contribution in [1.82, 2.24) is 15.3 Å². The summed E-state index contributed by atoms with van der Waals surface area (Å²) < 4.78 is 53.8. The van der Waals surface area contributed by atoms with Crippen molar-refractivity contribution in [2.75, 3.05) is 6.61 Å². The van der Waals surface area contributed by atoms with Crippen molar-refractivity contribution in [1.29, 1.82) is 0 Å². The predicted molar refractivity (Wildman–Crippen MR) is 58.3 cm³/mol. The van der Waals surface area contributed by atoms with Gasteiger partial charge in [0, 0.05) is 18.8 Å². The highest BCUT2D eigenvalue weighted by atomic mass is 19.3.